The first-order valence-electron chi connectivity index (χ1n) is 6.53. The first kappa shape index (κ1) is 16.4. The molecule has 19 heavy (non-hydrogen) atoms. The van der Waals surface area contributed by atoms with E-state index in [1.54, 1.807) is 0 Å². The van der Waals surface area contributed by atoms with E-state index in [-0.39, 0.29) is 12.5 Å². The first-order valence-corrected chi connectivity index (χ1v) is 7.92. The van der Waals surface area contributed by atoms with Crippen molar-refractivity contribution < 1.29 is 13.2 Å². The maximum Gasteiger partial charge on any atom is 0.282 e. The van der Waals surface area contributed by atoms with Crippen LogP contribution in [-0.2, 0) is 15.0 Å². The molecular formula is C11H24N4O3S. The molecule has 0 bridgehead atoms. The van der Waals surface area contributed by atoms with E-state index in [4.69, 9.17) is 0 Å². The summed E-state index contributed by atoms with van der Waals surface area (Å²) >= 11 is 0. The molecule has 0 radical (unpaired) electrons. The topological polar surface area (TPSA) is 81.8 Å². The number of piperazine rings is 1. The Kier molecular flexibility index (Phi) is 6.18. The summed E-state index contributed by atoms with van der Waals surface area (Å²) in [5.41, 5.74) is 0. The molecule has 2 N–H and O–H groups in total. The van der Waals surface area contributed by atoms with Crippen LogP contribution < -0.4 is 10.6 Å². The molecule has 1 aliphatic heterocycles. The Labute approximate surface area is 115 Å². The van der Waals surface area contributed by atoms with Crippen LogP contribution in [0.1, 0.15) is 13.8 Å². The van der Waals surface area contributed by atoms with Gasteiger partial charge < -0.3 is 10.6 Å². The van der Waals surface area contributed by atoms with E-state index < -0.39 is 10.2 Å². The van der Waals surface area contributed by atoms with Crippen LogP contribution in [0.25, 0.3) is 0 Å². The van der Waals surface area contributed by atoms with Crippen molar-refractivity contribution in [2.45, 2.75) is 13.8 Å². The minimum Gasteiger partial charge on any atom is -0.355 e. The Hall–Kier alpha value is -0.700. The van der Waals surface area contributed by atoms with Crippen molar-refractivity contribution in [3.63, 3.8) is 0 Å². The molecule has 0 aromatic heterocycles. The fraction of sp³-hybridized carbons (Fsp3) is 0.909. The Morgan fingerprint density at radius 3 is 2.47 bits per heavy atom. The third-order valence-corrected chi connectivity index (χ3v) is 4.80. The fourth-order valence-corrected chi connectivity index (χ4v) is 3.05. The SMILES string of the molecule is CC(C)CNC(=O)CN(C)S(=O)(=O)N1CCNCC1. The van der Waals surface area contributed by atoms with Gasteiger partial charge >= 0.3 is 0 Å². The van der Waals surface area contributed by atoms with Crippen LogP contribution in [0.4, 0.5) is 0 Å². The third kappa shape index (κ3) is 5.06. The molecule has 7 nitrogen and oxygen atoms in total. The second kappa shape index (κ2) is 7.18. The number of amides is 1. The molecule has 0 saturated carbocycles. The minimum absolute atomic E-state index is 0.140. The average molecular weight is 292 g/mol. The van der Waals surface area contributed by atoms with Gasteiger partial charge in [0.1, 0.15) is 0 Å². The van der Waals surface area contributed by atoms with Crippen molar-refractivity contribution in [2.24, 2.45) is 5.92 Å². The zero-order valence-corrected chi connectivity index (χ0v) is 12.7. The van der Waals surface area contributed by atoms with E-state index in [2.05, 4.69) is 10.6 Å². The highest BCUT2D eigenvalue weighted by Crippen LogP contribution is 2.07. The lowest BCUT2D eigenvalue weighted by atomic mass is 10.2. The predicted molar refractivity (Wildman–Crippen MR) is 73.8 cm³/mol. The number of rotatable bonds is 6. The summed E-state index contributed by atoms with van der Waals surface area (Å²) in [6.45, 7) is 6.57. The summed E-state index contributed by atoms with van der Waals surface area (Å²) < 4.78 is 26.9. The van der Waals surface area contributed by atoms with Gasteiger partial charge in [0.05, 0.1) is 6.54 Å². The van der Waals surface area contributed by atoms with E-state index in [1.807, 2.05) is 13.8 Å². The van der Waals surface area contributed by atoms with Gasteiger partial charge in [0, 0.05) is 39.8 Å². The van der Waals surface area contributed by atoms with Crippen LogP contribution in [0.5, 0.6) is 0 Å². The quantitative estimate of drug-likeness (QED) is 0.647. The summed E-state index contributed by atoms with van der Waals surface area (Å²) in [6.07, 6.45) is 0. The molecule has 0 aliphatic carbocycles. The monoisotopic (exact) mass is 292 g/mol. The van der Waals surface area contributed by atoms with E-state index in [0.717, 1.165) is 4.31 Å². The number of nitrogens with zero attached hydrogens (tertiary/aromatic N) is 2. The van der Waals surface area contributed by atoms with Crippen molar-refractivity contribution in [3.05, 3.63) is 0 Å². The molecule has 8 heteroatoms. The lowest BCUT2D eigenvalue weighted by molar-refractivity contribution is -0.121. The molecule has 1 amide bonds. The second-order valence-electron chi connectivity index (χ2n) is 5.11. The lowest BCUT2D eigenvalue weighted by Gasteiger charge is -2.30. The Morgan fingerprint density at radius 1 is 1.37 bits per heavy atom. The summed E-state index contributed by atoms with van der Waals surface area (Å²) in [6, 6.07) is 0. The lowest BCUT2D eigenvalue weighted by Crippen LogP contribution is -2.52. The van der Waals surface area contributed by atoms with Gasteiger partial charge in [-0.3, -0.25) is 4.79 Å². The largest absolute Gasteiger partial charge is 0.355 e. The Balaban J connectivity index is 2.50. The Morgan fingerprint density at radius 2 is 1.95 bits per heavy atom. The zero-order valence-electron chi connectivity index (χ0n) is 11.8. The highest BCUT2D eigenvalue weighted by molar-refractivity contribution is 7.86. The second-order valence-corrected chi connectivity index (χ2v) is 7.15. The average Bonchev–Trinajstić information content (AvgIpc) is 2.37. The van der Waals surface area contributed by atoms with E-state index >= 15 is 0 Å². The van der Waals surface area contributed by atoms with Crippen LogP contribution in [0, 0.1) is 5.92 Å². The highest BCUT2D eigenvalue weighted by atomic mass is 32.2. The number of hydrogen-bond donors (Lipinski definition) is 2. The van der Waals surface area contributed by atoms with Crippen molar-refractivity contribution >= 4 is 16.1 Å². The summed E-state index contributed by atoms with van der Waals surface area (Å²) in [7, 11) is -2.09. The highest BCUT2D eigenvalue weighted by Gasteiger charge is 2.29. The predicted octanol–water partition coefficient (Wildman–Crippen LogP) is -1.16. The van der Waals surface area contributed by atoms with Crippen LogP contribution in [-0.4, -0.2) is 69.3 Å². The molecule has 1 rings (SSSR count). The van der Waals surface area contributed by atoms with Gasteiger partial charge in [0.2, 0.25) is 5.91 Å². The molecule has 0 atom stereocenters. The summed E-state index contributed by atoms with van der Waals surface area (Å²) in [4.78, 5) is 11.6. The van der Waals surface area contributed by atoms with Crippen molar-refractivity contribution in [1.82, 2.24) is 19.2 Å². The molecule has 1 fully saturated rings. The van der Waals surface area contributed by atoms with E-state index in [9.17, 15) is 13.2 Å². The van der Waals surface area contributed by atoms with Crippen molar-refractivity contribution in [2.75, 3.05) is 46.3 Å². The molecular weight excluding hydrogens is 268 g/mol. The van der Waals surface area contributed by atoms with Gasteiger partial charge in [0.15, 0.2) is 0 Å². The molecule has 1 aliphatic rings. The van der Waals surface area contributed by atoms with Crippen LogP contribution in [0.2, 0.25) is 0 Å². The summed E-state index contributed by atoms with van der Waals surface area (Å²) in [5, 5.41) is 5.81. The van der Waals surface area contributed by atoms with Gasteiger partial charge in [-0.25, -0.2) is 0 Å². The van der Waals surface area contributed by atoms with Gasteiger partial charge in [0.25, 0.3) is 10.2 Å². The summed E-state index contributed by atoms with van der Waals surface area (Å²) in [5.74, 6) is 0.0777. The smallest absolute Gasteiger partial charge is 0.282 e. The van der Waals surface area contributed by atoms with Crippen molar-refractivity contribution in [3.8, 4) is 0 Å². The molecule has 0 aromatic carbocycles. The number of likely N-dealkylation sites (N-methyl/N-ethyl adjacent to an activating group) is 1. The van der Waals surface area contributed by atoms with Gasteiger partial charge in [-0.2, -0.15) is 17.0 Å². The van der Waals surface area contributed by atoms with E-state index in [1.165, 1.54) is 11.4 Å². The number of carbonyl (C=O) groups is 1. The van der Waals surface area contributed by atoms with Gasteiger partial charge in [-0.1, -0.05) is 13.8 Å². The maximum absolute atomic E-state index is 12.2. The number of carbonyl (C=O) groups excluding carboxylic acids is 1. The van der Waals surface area contributed by atoms with E-state index in [0.29, 0.717) is 38.6 Å². The maximum atomic E-state index is 12.2. The van der Waals surface area contributed by atoms with Crippen molar-refractivity contribution in [1.29, 1.82) is 0 Å². The first-order chi connectivity index (χ1) is 8.84. The fourth-order valence-electron chi connectivity index (χ4n) is 1.73. The Bertz CT molecular complexity index is 391. The minimum atomic E-state index is -3.53. The molecule has 1 saturated heterocycles. The molecule has 0 aromatic rings. The molecule has 112 valence electrons. The van der Waals surface area contributed by atoms with Crippen LogP contribution >= 0.6 is 0 Å². The molecule has 1 heterocycles. The van der Waals surface area contributed by atoms with Gasteiger partial charge in [-0.05, 0) is 5.92 Å². The van der Waals surface area contributed by atoms with Gasteiger partial charge in [-0.15, -0.1) is 0 Å². The zero-order chi connectivity index (χ0) is 14.5. The van der Waals surface area contributed by atoms with Crippen LogP contribution in [0.3, 0.4) is 0 Å². The standard InChI is InChI=1S/C11H24N4O3S/c1-10(2)8-13-11(16)9-14(3)19(17,18)15-6-4-12-5-7-15/h10,12H,4-9H2,1-3H3,(H,13,16). The normalized spacial score (nSPS) is 17.9. The molecule has 0 unspecified atom stereocenters. The number of nitrogens with one attached hydrogen (secondary N) is 2. The third-order valence-electron chi connectivity index (χ3n) is 2.87. The number of hydrogen-bond acceptors (Lipinski definition) is 4. The van der Waals surface area contributed by atoms with Crippen LogP contribution in [0.15, 0.2) is 0 Å². The molecule has 0 spiro atoms.